The molecule has 30 heavy (non-hydrogen) atoms. The van der Waals surface area contributed by atoms with Crippen LogP contribution in [0.1, 0.15) is 21.5 Å². The molecule has 150 valence electrons. The third-order valence-corrected chi connectivity index (χ3v) is 4.73. The van der Waals surface area contributed by atoms with Gasteiger partial charge < -0.3 is 10.1 Å². The first kappa shape index (κ1) is 19.4. The predicted octanol–water partition coefficient (Wildman–Crippen LogP) is 4.18. The monoisotopic (exact) mass is 398 g/mol. The van der Waals surface area contributed by atoms with E-state index in [1.54, 1.807) is 30.3 Å². The molecular formula is C24H22N4O2. The van der Waals surface area contributed by atoms with E-state index in [9.17, 15) is 4.79 Å². The van der Waals surface area contributed by atoms with Gasteiger partial charge in [-0.2, -0.15) is 5.10 Å². The molecule has 2 aromatic carbocycles. The summed E-state index contributed by atoms with van der Waals surface area (Å²) in [6, 6.07) is 21.4. The van der Waals surface area contributed by atoms with Crippen molar-refractivity contribution in [2.45, 2.75) is 13.5 Å². The van der Waals surface area contributed by atoms with Gasteiger partial charge in [0.2, 0.25) is 5.88 Å². The summed E-state index contributed by atoms with van der Waals surface area (Å²) in [5.74, 6) is 0.323. The lowest BCUT2D eigenvalue weighted by atomic mass is 10.1. The van der Waals surface area contributed by atoms with Crippen molar-refractivity contribution in [2.75, 3.05) is 7.11 Å². The standard InChI is InChI=1S/C24H22N4O2/c1-17-7-6-8-19(13-17)23-21(16-28(27-23)20-9-4-3-5-10-20)24(29)26-15-18-11-12-25-22(14-18)30-2/h3-14,16H,15H2,1-2H3,(H,26,29). The smallest absolute Gasteiger partial charge is 0.255 e. The van der Waals surface area contributed by atoms with Crippen molar-refractivity contribution in [3.05, 3.63) is 95.8 Å². The quantitative estimate of drug-likeness (QED) is 0.529. The number of hydrogen-bond acceptors (Lipinski definition) is 4. The molecule has 0 saturated heterocycles. The third-order valence-electron chi connectivity index (χ3n) is 4.73. The first-order valence-corrected chi connectivity index (χ1v) is 9.63. The highest BCUT2D eigenvalue weighted by molar-refractivity contribution is 5.99. The third kappa shape index (κ3) is 4.22. The minimum Gasteiger partial charge on any atom is -0.481 e. The summed E-state index contributed by atoms with van der Waals surface area (Å²) in [7, 11) is 1.57. The Labute approximate surface area is 175 Å². The van der Waals surface area contributed by atoms with Crippen LogP contribution in [0.25, 0.3) is 16.9 Å². The maximum atomic E-state index is 13.1. The fourth-order valence-electron chi connectivity index (χ4n) is 3.21. The highest BCUT2D eigenvalue weighted by Crippen LogP contribution is 2.25. The van der Waals surface area contributed by atoms with Crippen molar-refractivity contribution in [3.63, 3.8) is 0 Å². The normalized spacial score (nSPS) is 10.6. The Morgan fingerprint density at radius 2 is 1.90 bits per heavy atom. The second-order valence-electron chi connectivity index (χ2n) is 6.93. The van der Waals surface area contributed by atoms with Crippen LogP contribution in [0.15, 0.2) is 79.1 Å². The average Bonchev–Trinajstić information content (AvgIpc) is 3.24. The summed E-state index contributed by atoms with van der Waals surface area (Å²) in [5.41, 5.74) is 4.97. The highest BCUT2D eigenvalue weighted by Gasteiger charge is 2.18. The number of carbonyl (C=O) groups excluding carboxylic acids is 1. The van der Waals surface area contributed by atoms with E-state index in [0.717, 1.165) is 22.4 Å². The number of aryl methyl sites for hydroxylation is 1. The zero-order valence-electron chi connectivity index (χ0n) is 16.9. The summed E-state index contributed by atoms with van der Waals surface area (Å²) in [6.45, 7) is 2.38. The summed E-state index contributed by atoms with van der Waals surface area (Å²) >= 11 is 0. The molecule has 6 nitrogen and oxygen atoms in total. The number of aromatic nitrogens is 3. The van der Waals surface area contributed by atoms with Gasteiger partial charge in [0.05, 0.1) is 18.4 Å². The van der Waals surface area contributed by atoms with E-state index in [1.165, 1.54) is 0 Å². The summed E-state index contributed by atoms with van der Waals surface area (Å²) in [5, 5.41) is 7.70. The van der Waals surface area contributed by atoms with Crippen molar-refractivity contribution in [2.24, 2.45) is 0 Å². The van der Waals surface area contributed by atoms with Gasteiger partial charge in [0.1, 0.15) is 5.69 Å². The molecule has 2 aromatic heterocycles. The molecule has 4 aromatic rings. The Balaban J connectivity index is 1.66. The number of nitrogens with one attached hydrogen (secondary N) is 1. The van der Waals surface area contributed by atoms with Crippen molar-refractivity contribution in [3.8, 4) is 22.8 Å². The van der Waals surface area contributed by atoms with Crippen LogP contribution < -0.4 is 10.1 Å². The van der Waals surface area contributed by atoms with E-state index < -0.39 is 0 Å². The number of methoxy groups -OCH3 is 1. The van der Waals surface area contributed by atoms with Gasteiger partial charge in [0.15, 0.2) is 0 Å². The van der Waals surface area contributed by atoms with Gasteiger partial charge in [0, 0.05) is 30.6 Å². The van der Waals surface area contributed by atoms with Gasteiger partial charge in [-0.15, -0.1) is 0 Å². The van der Waals surface area contributed by atoms with E-state index in [-0.39, 0.29) is 5.91 Å². The minimum atomic E-state index is -0.190. The highest BCUT2D eigenvalue weighted by atomic mass is 16.5. The maximum Gasteiger partial charge on any atom is 0.255 e. The predicted molar refractivity (Wildman–Crippen MR) is 116 cm³/mol. The van der Waals surface area contributed by atoms with Crippen LogP contribution in [-0.4, -0.2) is 27.8 Å². The molecule has 6 heteroatoms. The second kappa shape index (κ2) is 8.61. The zero-order valence-corrected chi connectivity index (χ0v) is 16.9. The number of amides is 1. The molecule has 1 N–H and O–H groups in total. The van der Waals surface area contributed by atoms with Gasteiger partial charge in [-0.05, 0) is 36.8 Å². The van der Waals surface area contributed by atoms with Gasteiger partial charge in [-0.3, -0.25) is 4.79 Å². The summed E-state index contributed by atoms with van der Waals surface area (Å²) < 4.78 is 6.89. The molecule has 0 aliphatic carbocycles. The fourth-order valence-corrected chi connectivity index (χ4v) is 3.21. The van der Waals surface area contributed by atoms with Gasteiger partial charge in [0.25, 0.3) is 5.91 Å². The maximum absolute atomic E-state index is 13.1. The lowest BCUT2D eigenvalue weighted by molar-refractivity contribution is 0.0951. The van der Waals surface area contributed by atoms with Crippen LogP contribution in [0.4, 0.5) is 0 Å². The average molecular weight is 398 g/mol. The number of carbonyl (C=O) groups is 1. The number of pyridine rings is 1. The SMILES string of the molecule is COc1cc(CNC(=O)c2cn(-c3ccccc3)nc2-c2cccc(C)c2)ccn1. The lowest BCUT2D eigenvalue weighted by Gasteiger charge is -2.07. The van der Waals surface area contributed by atoms with E-state index in [1.807, 2.05) is 67.6 Å². The molecule has 1 amide bonds. The van der Waals surface area contributed by atoms with Crippen LogP contribution in [0.2, 0.25) is 0 Å². The number of benzene rings is 2. The second-order valence-corrected chi connectivity index (χ2v) is 6.93. The topological polar surface area (TPSA) is 69.0 Å². The molecule has 0 fully saturated rings. The van der Waals surface area contributed by atoms with Crippen LogP contribution in [0, 0.1) is 6.92 Å². The Bertz CT molecular complexity index is 1170. The summed E-state index contributed by atoms with van der Waals surface area (Å²) in [6.07, 6.45) is 3.43. The van der Waals surface area contributed by atoms with E-state index >= 15 is 0 Å². The molecule has 4 rings (SSSR count). The van der Waals surface area contributed by atoms with Crippen LogP contribution in [-0.2, 0) is 6.54 Å². The lowest BCUT2D eigenvalue weighted by Crippen LogP contribution is -2.23. The Hall–Kier alpha value is -3.93. The minimum absolute atomic E-state index is 0.190. The zero-order chi connectivity index (χ0) is 20.9. The molecule has 0 atom stereocenters. The van der Waals surface area contributed by atoms with Crippen molar-refractivity contribution < 1.29 is 9.53 Å². The molecule has 0 aliphatic heterocycles. The van der Waals surface area contributed by atoms with Crippen molar-refractivity contribution in [1.29, 1.82) is 0 Å². The number of rotatable bonds is 6. The first-order valence-electron chi connectivity index (χ1n) is 9.63. The van der Waals surface area contributed by atoms with E-state index in [2.05, 4.69) is 10.3 Å². The molecule has 0 saturated carbocycles. The van der Waals surface area contributed by atoms with Gasteiger partial charge in [-0.25, -0.2) is 9.67 Å². The molecule has 0 unspecified atom stereocenters. The van der Waals surface area contributed by atoms with E-state index in [0.29, 0.717) is 23.7 Å². The van der Waals surface area contributed by atoms with E-state index in [4.69, 9.17) is 9.84 Å². The molecular weight excluding hydrogens is 376 g/mol. The van der Waals surface area contributed by atoms with Crippen LogP contribution in [0.5, 0.6) is 5.88 Å². The number of ether oxygens (including phenoxy) is 1. The van der Waals surface area contributed by atoms with Crippen LogP contribution >= 0.6 is 0 Å². The fraction of sp³-hybridized carbons (Fsp3) is 0.125. The Kier molecular flexibility index (Phi) is 5.57. The molecule has 0 spiro atoms. The van der Waals surface area contributed by atoms with Gasteiger partial charge >= 0.3 is 0 Å². The van der Waals surface area contributed by atoms with Crippen molar-refractivity contribution >= 4 is 5.91 Å². The largest absolute Gasteiger partial charge is 0.481 e. The number of hydrogen-bond donors (Lipinski definition) is 1. The molecule has 0 aliphatic rings. The first-order chi connectivity index (χ1) is 14.6. The Morgan fingerprint density at radius 1 is 1.07 bits per heavy atom. The molecule has 2 heterocycles. The van der Waals surface area contributed by atoms with Crippen LogP contribution in [0.3, 0.4) is 0 Å². The number of nitrogens with zero attached hydrogens (tertiary/aromatic N) is 3. The molecule has 0 bridgehead atoms. The van der Waals surface area contributed by atoms with Crippen molar-refractivity contribution in [1.82, 2.24) is 20.1 Å². The summed E-state index contributed by atoms with van der Waals surface area (Å²) in [4.78, 5) is 17.2. The van der Waals surface area contributed by atoms with Gasteiger partial charge in [-0.1, -0.05) is 42.0 Å². The number of para-hydroxylation sites is 1. The molecule has 0 radical (unpaired) electrons. The Morgan fingerprint density at radius 3 is 2.67 bits per heavy atom.